The third-order valence-electron chi connectivity index (χ3n) is 3.55. The van der Waals surface area contributed by atoms with Gasteiger partial charge in [-0.1, -0.05) is 35.5 Å². The molecule has 2 heterocycles. The predicted octanol–water partition coefficient (Wildman–Crippen LogP) is 4.45. The third-order valence-corrected chi connectivity index (χ3v) is 3.55. The number of hydrogen-bond donors (Lipinski definition) is 2. The molecule has 0 aliphatic carbocycles. The first-order chi connectivity index (χ1) is 13.3. The molecule has 0 saturated heterocycles. The highest BCUT2D eigenvalue weighted by Gasteiger charge is 2.08. The van der Waals surface area contributed by atoms with Crippen molar-refractivity contribution in [1.29, 1.82) is 0 Å². The van der Waals surface area contributed by atoms with Crippen LogP contribution in [0.3, 0.4) is 0 Å². The molecule has 27 heavy (non-hydrogen) atoms. The smallest absolute Gasteiger partial charge is 0.249 e. The molecule has 134 valence electrons. The minimum Gasteiger partial charge on any atom is -0.455 e. The van der Waals surface area contributed by atoms with Crippen LogP contribution in [0.4, 0.5) is 23.3 Å². The van der Waals surface area contributed by atoms with Crippen molar-refractivity contribution in [3.63, 3.8) is 0 Å². The summed E-state index contributed by atoms with van der Waals surface area (Å²) in [7, 11) is 0. The SMILES string of the molecule is Cc1cc(Nc2cnnc(Nc3ccccc3Oc3ccccc3)n2)no1. The largest absolute Gasteiger partial charge is 0.455 e. The lowest BCUT2D eigenvalue weighted by Crippen LogP contribution is -2.03. The lowest BCUT2D eigenvalue weighted by Gasteiger charge is -2.12. The fourth-order valence-electron chi connectivity index (χ4n) is 2.37. The van der Waals surface area contributed by atoms with E-state index >= 15 is 0 Å². The fraction of sp³-hybridized carbons (Fsp3) is 0.0526. The Hall–Kier alpha value is -3.94. The normalized spacial score (nSPS) is 10.4. The lowest BCUT2D eigenvalue weighted by molar-refractivity contribution is 0.400. The van der Waals surface area contributed by atoms with Gasteiger partial charge in [0.25, 0.3) is 0 Å². The minimum absolute atomic E-state index is 0.323. The van der Waals surface area contributed by atoms with Gasteiger partial charge in [0.2, 0.25) is 5.95 Å². The van der Waals surface area contributed by atoms with Gasteiger partial charge in [-0.05, 0) is 31.2 Å². The lowest BCUT2D eigenvalue weighted by atomic mass is 10.3. The van der Waals surface area contributed by atoms with Crippen molar-refractivity contribution in [3.05, 3.63) is 72.6 Å². The second-order valence-electron chi connectivity index (χ2n) is 5.65. The van der Waals surface area contributed by atoms with E-state index in [1.54, 1.807) is 6.07 Å². The quantitative estimate of drug-likeness (QED) is 0.520. The van der Waals surface area contributed by atoms with E-state index in [4.69, 9.17) is 9.26 Å². The third kappa shape index (κ3) is 4.18. The van der Waals surface area contributed by atoms with Crippen LogP contribution in [0.2, 0.25) is 0 Å². The molecule has 2 aromatic carbocycles. The van der Waals surface area contributed by atoms with Gasteiger partial charge >= 0.3 is 0 Å². The van der Waals surface area contributed by atoms with Crippen LogP contribution in [-0.4, -0.2) is 20.3 Å². The van der Waals surface area contributed by atoms with E-state index in [-0.39, 0.29) is 0 Å². The Bertz CT molecular complexity index is 1040. The average molecular weight is 360 g/mol. The highest BCUT2D eigenvalue weighted by Crippen LogP contribution is 2.30. The Morgan fingerprint density at radius 2 is 1.74 bits per heavy atom. The van der Waals surface area contributed by atoms with Crippen LogP contribution in [0.1, 0.15) is 5.76 Å². The minimum atomic E-state index is 0.323. The number of para-hydroxylation sites is 3. The highest BCUT2D eigenvalue weighted by atomic mass is 16.5. The van der Waals surface area contributed by atoms with Crippen molar-refractivity contribution in [1.82, 2.24) is 20.3 Å². The zero-order chi connectivity index (χ0) is 18.5. The summed E-state index contributed by atoms with van der Waals surface area (Å²) < 4.78 is 11.0. The van der Waals surface area contributed by atoms with E-state index in [2.05, 4.69) is 31.0 Å². The van der Waals surface area contributed by atoms with Crippen molar-refractivity contribution < 1.29 is 9.26 Å². The molecule has 2 aromatic heterocycles. The Labute approximate surface area is 155 Å². The van der Waals surface area contributed by atoms with E-state index in [0.29, 0.717) is 29.1 Å². The van der Waals surface area contributed by atoms with Gasteiger partial charge in [0.05, 0.1) is 11.9 Å². The summed E-state index contributed by atoms with van der Waals surface area (Å²) in [5.74, 6) is 3.45. The molecule has 2 N–H and O–H groups in total. The van der Waals surface area contributed by atoms with Gasteiger partial charge in [-0.2, -0.15) is 10.1 Å². The average Bonchev–Trinajstić information content (AvgIpc) is 3.09. The maximum Gasteiger partial charge on any atom is 0.249 e. The number of benzene rings is 2. The topological polar surface area (TPSA) is 98.0 Å². The maximum atomic E-state index is 5.93. The van der Waals surface area contributed by atoms with Crippen LogP contribution in [-0.2, 0) is 0 Å². The number of ether oxygens (including phenoxy) is 1. The van der Waals surface area contributed by atoms with Crippen LogP contribution < -0.4 is 15.4 Å². The molecule has 0 unspecified atom stereocenters. The van der Waals surface area contributed by atoms with Crippen molar-refractivity contribution in [2.75, 3.05) is 10.6 Å². The summed E-state index contributed by atoms with van der Waals surface area (Å²) in [5, 5.41) is 18.0. The molecule has 0 fully saturated rings. The Kier molecular flexibility index (Phi) is 4.60. The Morgan fingerprint density at radius 3 is 2.56 bits per heavy atom. The molecular formula is C19H16N6O2. The van der Waals surface area contributed by atoms with Gasteiger partial charge in [-0.25, -0.2) is 0 Å². The van der Waals surface area contributed by atoms with Crippen molar-refractivity contribution in [2.24, 2.45) is 0 Å². The van der Waals surface area contributed by atoms with Gasteiger partial charge in [-0.3, -0.25) is 0 Å². The van der Waals surface area contributed by atoms with E-state index < -0.39 is 0 Å². The van der Waals surface area contributed by atoms with Gasteiger partial charge in [-0.15, -0.1) is 5.10 Å². The van der Waals surface area contributed by atoms with E-state index in [9.17, 15) is 0 Å². The van der Waals surface area contributed by atoms with E-state index in [1.165, 1.54) is 6.20 Å². The van der Waals surface area contributed by atoms with Crippen LogP contribution in [0.15, 0.2) is 71.4 Å². The molecule has 0 saturated carbocycles. The van der Waals surface area contributed by atoms with E-state index in [0.717, 1.165) is 11.4 Å². The first-order valence-corrected chi connectivity index (χ1v) is 8.25. The van der Waals surface area contributed by atoms with Gasteiger partial charge < -0.3 is 19.9 Å². The van der Waals surface area contributed by atoms with Crippen molar-refractivity contribution in [2.45, 2.75) is 6.92 Å². The molecule has 0 atom stereocenters. The molecule has 0 bridgehead atoms. The maximum absolute atomic E-state index is 5.93. The fourth-order valence-corrected chi connectivity index (χ4v) is 2.37. The number of aromatic nitrogens is 4. The standard InChI is InChI=1S/C19H16N6O2/c1-13-11-17(25-27-13)22-18-12-20-24-19(23-18)21-15-9-5-6-10-16(15)26-14-7-3-2-4-8-14/h2-12H,1H3,(H2,21,22,23,24,25). The van der Waals surface area contributed by atoms with Crippen molar-refractivity contribution >= 4 is 23.3 Å². The number of nitrogens with one attached hydrogen (secondary N) is 2. The monoisotopic (exact) mass is 360 g/mol. The number of rotatable bonds is 6. The number of hydrogen-bond acceptors (Lipinski definition) is 8. The Morgan fingerprint density at radius 1 is 0.926 bits per heavy atom. The molecule has 8 heteroatoms. The molecule has 0 amide bonds. The zero-order valence-electron chi connectivity index (χ0n) is 14.5. The number of aryl methyl sites for hydroxylation is 1. The summed E-state index contributed by atoms with van der Waals surface area (Å²) in [6.45, 7) is 1.81. The van der Waals surface area contributed by atoms with Gasteiger partial charge in [0, 0.05) is 6.07 Å². The number of anilines is 4. The summed E-state index contributed by atoms with van der Waals surface area (Å²) in [4.78, 5) is 4.39. The zero-order valence-corrected chi connectivity index (χ0v) is 14.5. The highest BCUT2D eigenvalue weighted by molar-refractivity contribution is 5.64. The molecule has 0 aliphatic heterocycles. The summed E-state index contributed by atoms with van der Waals surface area (Å²) in [5.41, 5.74) is 0.720. The molecular weight excluding hydrogens is 344 g/mol. The second kappa shape index (κ2) is 7.52. The molecule has 4 aromatic rings. The van der Waals surface area contributed by atoms with Crippen molar-refractivity contribution in [3.8, 4) is 11.5 Å². The second-order valence-corrected chi connectivity index (χ2v) is 5.65. The number of nitrogens with zero attached hydrogens (tertiary/aromatic N) is 4. The van der Waals surface area contributed by atoms with Gasteiger partial charge in [0.15, 0.2) is 17.4 Å². The molecule has 4 rings (SSSR count). The van der Waals surface area contributed by atoms with Gasteiger partial charge in [0.1, 0.15) is 11.5 Å². The van der Waals surface area contributed by atoms with Crippen LogP contribution in [0.5, 0.6) is 11.5 Å². The predicted molar refractivity (Wildman–Crippen MR) is 101 cm³/mol. The first kappa shape index (κ1) is 16.5. The Balaban J connectivity index is 1.53. The molecule has 0 aliphatic rings. The van der Waals surface area contributed by atoms with E-state index in [1.807, 2.05) is 61.5 Å². The first-order valence-electron chi connectivity index (χ1n) is 8.25. The molecule has 0 radical (unpaired) electrons. The summed E-state index contributed by atoms with van der Waals surface area (Å²) >= 11 is 0. The molecule has 0 spiro atoms. The van der Waals surface area contributed by atoms with Crippen LogP contribution in [0.25, 0.3) is 0 Å². The summed E-state index contributed by atoms with van der Waals surface area (Å²) in [6, 6.07) is 18.8. The summed E-state index contributed by atoms with van der Waals surface area (Å²) in [6.07, 6.45) is 1.50. The van der Waals surface area contributed by atoms with Crippen LogP contribution in [0, 0.1) is 6.92 Å². The van der Waals surface area contributed by atoms with Crippen LogP contribution >= 0.6 is 0 Å². The molecule has 8 nitrogen and oxygen atoms in total.